The number of ether oxygens (including phenoxy) is 1. The average Bonchev–Trinajstić information content (AvgIpc) is 3.10. The molecule has 6 nitrogen and oxygen atoms in total. The molecule has 0 aromatic rings. The Bertz CT molecular complexity index is 946. The van der Waals surface area contributed by atoms with Crippen LogP contribution in [0.4, 0.5) is 0 Å². The molecule has 7 aliphatic rings. The van der Waals surface area contributed by atoms with Crippen LogP contribution < -0.4 is 0 Å². The maximum atomic E-state index is 13.2. The Balaban J connectivity index is 1.54. The zero-order valence-corrected chi connectivity index (χ0v) is 14.9. The fourth-order valence-electron chi connectivity index (χ4n) is 7.55. The molecule has 4 saturated heterocycles. The fourth-order valence-corrected chi connectivity index (χ4v) is 7.55. The normalized spacial score (nSPS) is 46.7. The second-order valence-electron chi connectivity index (χ2n) is 9.08. The molecule has 0 aromatic carbocycles. The highest BCUT2D eigenvalue weighted by molar-refractivity contribution is 6.47. The summed E-state index contributed by atoms with van der Waals surface area (Å²) in [6.45, 7) is 2.54. The standard InChI is InChI=1S/C21H20N2O4/c24-14-6-12-13(7-15(14)25)23-18(26)8-16-19-11-5-17-21(12,20(19)23)2-3-22(17)9-10(11)1-4-27-16/h1,6-7,11,16-17,19-20H,2-5,8-9H2/t11-,16-,17-,19-,20-,21-/m1/s1. The third-order valence-electron chi connectivity index (χ3n) is 8.38. The van der Waals surface area contributed by atoms with Crippen molar-refractivity contribution in [3.8, 4) is 0 Å². The summed E-state index contributed by atoms with van der Waals surface area (Å²) in [7, 11) is 0. The predicted octanol–water partition coefficient (Wildman–Crippen LogP) is 0.599. The van der Waals surface area contributed by atoms with Gasteiger partial charge < -0.3 is 9.64 Å². The third-order valence-corrected chi connectivity index (χ3v) is 8.38. The van der Waals surface area contributed by atoms with Gasteiger partial charge in [0.15, 0.2) is 0 Å². The van der Waals surface area contributed by atoms with Gasteiger partial charge in [0.1, 0.15) is 0 Å². The van der Waals surface area contributed by atoms with E-state index >= 15 is 0 Å². The molecule has 0 radical (unpaired) electrons. The number of amides is 1. The maximum absolute atomic E-state index is 13.2. The first-order chi connectivity index (χ1) is 13.1. The topological polar surface area (TPSA) is 66.9 Å². The Morgan fingerprint density at radius 3 is 2.89 bits per heavy atom. The summed E-state index contributed by atoms with van der Waals surface area (Å²) < 4.78 is 6.17. The summed E-state index contributed by atoms with van der Waals surface area (Å²) in [5.74, 6) is -0.210. The van der Waals surface area contributed by atoms with Gasteiger partial charge in [0.05, 0.1) is 30.9 Å². The van der Waals surface area contributed by atoms with E-state index < -0.39 is 11.6 Å². The van der Waals surface area contributed by atoms with Crippen molar-refractivity contribution >= 4 is 17.5 Å². The van der Waals surface area contributed by atoms with Crippen molar-refractivity contribution in [1.29, 1.82) is 0 Å². The van der Waals surface area contributed by atoms with Crippen molar-refractivity contribution < 1.29 is 19.1 Å². The van der Waals surface area contributed by atoms with Crippen LogP contribution in [-0.4, -0.2) is 65.2 Å². The lowest BCUT2D eigenvalue weighted by atomic mass is 9.53. The van der Waals surface area contributed by atoms with E-state index in [1.807, 2.05) is 4.90 Å². The first kappa shape index (κ1) is 14.9. The van der Waals surface area contributed by atoms with Gasteiger partial charge in [-0.15, -0.1) is 0 Å². The largest absolute Gasteiger partial charge is 0.373 e. The number of allylic oxidation sites excluding steroid dienone is 3. The molecule has 5 fully saturated rings. The predicted molar refractivity (Wildman–Crippen MR) is 93.3 cm³/mol. The van der Waals surface area contributed by atoms with Crippen molar-refractivity contribution in [1.82, 2.24) is 9.80 Å². The van der Waals surface area contributed by atoms with Crippen LogP contribution in [0.3, 0.4) is 0 Å². The molecule has 27 heavy (non-hydrogen) atoms. The van der Waals surface area contributed by atoms with E-state index in [0.29, 0.717) is 30.7 Å². The smallest absolute Gasteiger partial charge is 0.229 e. The molecule has 1 amide bonds. The zero-order valence-electron chi connectivity index (χ0n) is 14.9. The van der Waals surface area contributed by atoms with Crippen molar-refractivity contribution in [2.24, 2.45) is 17.3 Å². The molecule has 7 rings (SSSR count). The van der Waals surface area contributed by atoms with Crippen LogP contribution in [0.25, 0.3) is 0 Å². The van der Waals surface area contributed by atoms with Gasteiger partial charge in [0, 0.05) is 30.0 Å². The molecule has 2 bridgehead atoms. The summed E-state index contributed by atoms with van der Waals surface area (Å²) in [4.78, 5) is 42.1. The van der Waals surface area contributed by atoms with Crippen molar-refractivity contribution in [3.05, 3.63) is 35.1 Å². The number of carbonyl (C=O) groups is 3. The van der Waals surface area contributed by atoms with Crippen molar-refractivity contribution in [3.63, 3.8) is 0 Å². The minimum atomic E-state index is -0.505. The summed E-state index contributed by atoms with van der Waals surface area (Å²) in [6.07, 6.45) is 7.56. The monoisotopic (exact) mass is 364 g/mol. The Morgan fingerprint density at radius 1 is 1.15 bits per heavy atom. The summed E-state index contributed by atoms with van der Waals surface area (Å²) >= 11 is 0. The molecule has 1 saturated carbocycles. The highest BCUT2D eigenvalue weighted by atomic mass is 16.5. The van der Waals surface area contributed by atoms with E-state index in [1.165, 1.54) is 11.6 Å². The molecule has 2 aliphatic carbocycles. The van der Waals surface area contributed by atoms with Crippen LogP contribution in [0.2, 0.25) is 0 Å². The van der Waals surface area contributed by atoms with Crippen LogP contribution in [0, 0.1) is 17.3 Å². The summed E-state index contributed by atoms with van der Waals surface area (Å²) in [5, 5.41) is 0. The lowest BCUT2D eigenvalue weighted by molar-refractivity contribution is -0.156. The Morgan fingerprint density at radius 2 is 2.00 bits per heavy atom. The van der Waals surface area contributed by atoms with Gasteiger partial charge in [-0.1, -0.05) is 11.6 Å². The lowest BCUT2D eigenvalue weighted by Crippen LogP contribution is -2.66. The Hall–Kier alpha value is -2.05. The van der Waals surface area contributed by atoms with Gasteiger partial charge in [-0.05, 0) is 37.0 Å². The molecule has 1 spiro atoms. The minimum Gasteiger partial charge on any atom is -0.373 e. The second-order valence-corrected chi connectivity index (χ2v) is 9.08. The van der Waals surface area contributed by atoms with E-state index in [-0.39, 0.29) is 29.4 Å². The van der Waals surface area contributed by atoms with E-state index in [9.17, 15) is 14.4 Å². The zero-order chi connectivity index (χ0) is 18.1. The van der Waals surface area contributed by atoms with E-state index in [1.54, 1.807) is 6.08 Å². The first-order valence-electron chi connectivity index (χ1n) is 9.99. The first-order valence-corrected chi connectivity index (χ1v) is 9.99. The highest BCUT2D eigenvalue weighted by Gasteiger charge is 2.72. The second kappa shape index (κ2) is 4.50. The summed E-state index contributed by atoms with van der Waals surface area (Å²) in [6, 6.07) is 0.349. The quantitative estimate of drug-likeness (QED) is 0.358. The third kappa shape index (κ3) is 1.49. The number of piperidine rings is 2. The molecule has 0 unspecified atom stereocenters. The highest BCUT2D eigenvalue weighted by Crippen LogP contribution is 2.68. The van der Waals surface area contributed by atoms with Crippen molar-refractivity contribution in [2.75, 3.05) is 19.7 Å². The van der Waals surface area contributed by atoms with Crippen LogP contribution in [0.15, 0.2) is 35.1 Å². The average molecular weight is 364 g/mol. The van der Waals surface area contributed by atoms with Crippen LogP contribution >= 0.6 is 0 Å². The minimum absolute atomic E-state index is 0.00972. The molecule has 0 N–H and O–H groups in total. The summed E-state index contributed by atoms with van der Waals surface area (Å²) in [5.41, 5.74) is 2.90. The maximum Gasteiger partial charge on any atom is 0.229 e. The Kier molecular flexibility index (Phi) is 2.49. The number of carbonyl (C=O) groups excluding carboxylic acids is 3. The molecular weight excluding hydrogens is 344 g/mol. The number of hydrogen-bond donors (Lipinski definition) is 0. The lowest BCUT2D eigenvalue weighted by Gasteiger charge is -2.58. The molecule has 6 heteroatoms. The molecule has 5 aliphatic heterocycles. The fraction of sp³-hybridized carbons (Fsp3) is 0.571. The van der Waals surface area contributed by atoms with E-state index in [0.717, 1.165) is 31.5 Å². The van der Waals surface area contributed by atoms with Crippen LogP contribution in [0.1, 0.15) is 19.3 Å². The van der Waals surface area contributed by atoms with Gasteiger partial charge in [0.25, 0.3) is 0 Å². The van der Waals surface area contributed by atoms with Gasteiger partial charge >= 0.3 is 0 Å². The van der Waals surface area contributed by atoms with Gasteiger partial charge in [0.2, 0.25) is 17.5 Å². The number of nitrogens with zero attached hydrogens (tertiary/aromatic N) is 2. The number of ketones is 2. The molecule has 5 heterocycles. The molecular formula is C21H20N2O4. The molecule has 0 aromatic heterocycles. The van der Waals surface area contributed by atoms with Gasteiger partial charge in [-0.3, -0.25) is 19.3 Å². The van der Waals surface area contributed by atoms with E-state index in [2.05, 4.69) is 11.0 Å². The molecule has 6 atom stereocenters. The van der Waals surface area contributed by atoms with Crippen LogP contribution in [-0.2, 0) is 19.1 Å². The van der Waals surface area contributed by atoms with Gasteiger partial charge in [-0.25, -0.2) is 0 Å². The number of rotatable bonds is 0. The number of hydrogen-bond acceptors (Lipinski definition) is 5. The molecule has 138 valence electrons. The van der Waals surface area contributed by atoms with Crippen molar-refractivity contribution in [2.45, 2.75) is 37.5 Å². The SMILES string of the molecule is O=C1C=C2C(=CC1=O)[C@@]13CCN4CC5=CCO[C@@H]6CC(=O)N2[C@@H]1[C@@H]6[C@@H]5C[C@@H]43. The number of fused-ring (bicyclic) bond motifs is 2. The van der Waals surface area contributed by atoms with E-state index in [4.69, 9.17) is 4.74 Å². The van der Waals surface area contributed by atoms with Crippen LogP contribution in [0.5, 0.6) is 0 Å². The van der Waals surface area contributed by atoms with Gasteiger partial charge in [-0.2, -0.15) is 0 Å². The Labute approximate surface area is 156 Å².